The van der Waals surface area contributed by atoms with E-state index in [0.29, 0.717) is 31.5 Å². The first-order valence-corrected chi connectivity index (χ1v) is 8.30. The van der Waals surface area contributed by atoms with E-state index >= 15 is 0 Å². The first-order valence-electron chi connectivity index (χ1n) is 8.30. The van der Waals surface area contributed by atoms with Crippen LogP contribution in [0, 0.1) is 18.8 Å². The highest BCUT2D eigenvalue weighted by molar-refractivity contribution is 5.75. The fraction of sp³-hybridized carbons (Fsp3) is 0.412. The summed E-state index contributed by atoms with van der Waals surface area (Å²) in [6.07, 6.45) is 0. The molecule has 8 nitrogen and oxygen atoms in total. The molecule has 0 amide bonds. The SMILES string of the molecule is Cc1cccc(Nc2nc(N)nc(CN3C[C@@H]4COC(=O)[C@@H]4C3)n2)c1. The number of nitrogens with one attached hydrogen (secondary N) is 1. The first-order chi connectivity index (χ1) is 12.1. The van der Waals surface area contributed by atoms with Crippen molar-refractivity contribution in [3.8, 4) is 0 Å². The van der Waals surface area contributed by atoms with Gasteiger partial charge in [-0.1, -0.05) is 12.1 Å². The number of rotatable bonds is 4. The lowest BCUT2D eigenvalue weighted by molar-refractivity contribution is -0.141. The minimum atomic E-state index is -0.0931. The van der Waals surface area contributed by atoms with Gasteiger partial charge >= 0.3 is 5.97 Å². The second kappa shape index (κ2) is 6.29. The molecule has 2 aliphatic heterocycles. The maximum absolute atomic E-state index is 11.7. The number of nitrogen functional groups attached to an aromatic ring is 1. The standard InChI is InChI=1S/C17H20N6O2/c1-10-3-2-4-12(5-10)19-17-21-14(20-16(18)22-17)8-23-6-11-9-25-15(24)13(11)7-23/h2-5,11,13H,6-9H2,1H3,(H3,18,19,20,21,22)/t11-,13-/m1/s1. The lowest BCUT2D eigenvalue weighted by atomic mass is 10.0. The summed E-state index contributed by atoms with van der Waals surface area (Å²) in [6, 6.07) is 7.94. The zero-order valence-corrected chi connectivity index (χ0v) is 14.0. The summed E-state index contributed by atoms with van der Waals surface area (Å²) >= 11 is 0. The molecule has 1 aromatic heterocycles. The summed E-state index contributed by atoms with van der Waals surface area (Å²) < 4.78 is 5.10. The minimum absolute atomic E-state index is 0.0240. The number of nitrogens with zero attached hydrogens (tertiary/aromatic N) is 4. The topological polar surface area (TPSA) is 106 Å². The zero-order chi connectivity index (χ0) is 17.4. The zero-order valence-electron chi connectivity index (χ0n) is 14.0. The molecule has 4 rings (SSSR count). The molecule has 1 aromatic carbocycles. The van der Waals surface area contributed by atoms with Gasteiger partial charge in [0.25, 0.3) is 0 Å². The molecule has 0 radical (unpaired) electrons. The van der Waals surface area contributed by atoms with E-state index in [4.69, 9.17) is 10.5 Å². The third-order valence-electron chi connectivity index (χ3n) is 4.60. The first kappa shape index (κ1) is 15.8. The van der Waals surface area contributed by atoms with Crippen LogP contribution in [-0.2, 0) is 16.1 Å². The fourth-order valence-electron chi connectivity index (χ4n) is 3.44. The molecule has 2 aliphatic rings. The van der Waals surface area contributed by atoms with Crippen LogP contribution in [-0.4, -0.2) is 45.5 Å². The van der Waals surface area contributed by atoms with Crippen molar-refractivity contribution in [2.45, 2.75) is 13.5 Å². The molecular formula is C17H20N6O2. The lowest BCUT2D eigenvalue weighted by Crippen LogP contribution is -2.25. The van der Waals surface area contributed by atoms with Gasteiger partial charge in [-0.05, 0) is 24.6 Å². The van der Waals surface area contributed by atoms with Gasteiger partial charge in [0.2, 0.25) is 11.9 Å². The number of nitrogens with two attached hydrogens (primary N) is 1. The van der Waals surface area contributed by atoms with Crippen molar-refractivity contribution in [1.82, 2.24) is 19.9 Å². The number of aromatic nitrogens is 3. The Bertz CT molecular complexity index is 811. The molecule has 3 N–H and O–H groups in total. The molecule has 3 heterocycles. The maximum atomic E-state index is 11.7. The quantitative estimate of drug-likeness (QED) is 0.797. The van der Waals surface area contributed by atoms with E-state index in [-0.39, 0.29) is 23.8 Å². The predicted octanol–water partition coefficient (Wildman–Crippen LogP) is 1.11. The van der Waals surface area contributed by atoms with Gasteiger partial charge in [-0.15, -0.1) is 0 Å². The van der Waals surface area contributed by atoms with Gasteiger partial charge in [0.1, 0.15) is 5.82 Å². The third kappa shape index (κ3) is 3.39. The summed E-state index contributed by atoms with van der Waals surface area (Å²) in [7, 11) is 0. The molecule has 8 heteroatoms. The largest absolute Gasteiger partial charge is 0.465 e. The van der Waals surface area contributed by atoms with Crippen LogP contribution in [0.2, 0.25) is 0 Å². The van der Waals surface area contributed by atoms with Crippen LogP contribution in [0.15, 0.2) is 24.3 Å². The number of likely N-dealkylation sites (tertiary alicyclic amines) is 1. The normalized spacial score (nSPS) is 22.7. The molecular weight excluding hydrogens is 320 g/mol. The Kier molecular flexibility index (Phi) is 3.96. The van der Waals surface area contributed by atoms with E-state index in [1.54, 1.807) is 0 Å². The van der Waals surface area contributed by atoms with Crippen LogP contribution >= 0.6 is 0 Å². The minimum Gasteiger partial charge on any atom is -0.465 e. The Morgan fingerprint density at radius 2 is 2.20 bits per heavy atom. The number of ether oxygens (including phenoxy) is 1. The average molecular weight is 340 g/mol. The summed E-state index contributed by atoms with van der Waals surface area (Å²) in [6.45, 7) is 4.56. The van der Waals surface area contributed by atoms with Crippen molar-refractivity contribution in [3.05, 3.63) is 35.7 Å². The number of carbonyl (C=O) groups is 1. The molecule has 2 atom stereocenters. The highest BCUT2D eigenvalue weighted by atomic mass is 16.5. The number of fused-ring (bicyclic) bond motifs is 1. The van der Waals surface area contributed by atoms with Gasteiger partial charge in [-0.3, -0.25) is 9.69 Å². The van der Waals surface area contributed by atoms with E-state index in [1.165, 1.54) is 0 Å². The predicted molar refractivity (Wildman–Crippen MR) is 91.9 cm³/mol. The van der Waals surface area contributed by atoms with E-state index in [0.717, 1.165) is 17.8 Å². The molecule has 0 unspecified atom stereocenters. The Labute approximate surface area is 145 Å². The van der Waals surface area contributed by atoms with E-state index < -0.39 is 0 Å². The van der Waals surface area contributed by atoms with Crippen LogP contribution in [0.1, 0.15) is 11.4 Å². The molecule has 2 saturated heterocycles. The summed E-state index contributed by atoms with van der Waals surface area (Å²) in [5.74, 6) is 1.35. The number of benzene rings is 1. The Hall–Kier alpha value is -2.74. The van der Waals surface area contributed by atoms with Gasteiger partial charge in [-0.25, -0.2) is 0 Å². The number of cyclic esters (lactones) is 1. The molecule has 0 spiro atoms. The molecule has 0 aliphatic carbocycles. The molecule has 2 fully saturated rings. The van der Waals surface area contributed by atoms with Crippen molar-refractivity contribution in [3.63, 3.8) is 0 Å². The molecule has 0 saturated carbocycles. The van der Waals surface area contributed by atoms with Crippen molar-refractivity contribution in [1.29, 1.82) is 0 Å². The lowest BCUT2D eigenvalue weighted by Gasteiger charge is -2.16. The van der Waals surface area contributed by atoms with Crippen LogP contribution in [0.5, 0.6) is 0 Å². The highest BCUT2D eigenvalue weighted by Crippen LogP contribution is 2.30. The van der Waals surface area contributed by atoms with Crippen LogP contribution in [0.3, 0.4) is 0 Å². The van der Waals surface area contributed by atoms with Crippen molar-refractivity contribution in [2.24, 2.45) is 11.8 Å². The van der Waals surface area contributed by atoms with Crippen molar-refractivity contribution in [2.75, 3.05) is 30.7 Å². The summed E-state index contributed by atoms with van der Waals surface area (Å²) in [5.41, 5.74) is 7.88. The Morgan fingerprint density at radius 1 is 1.32 bits per heavy atom. The van der Waals surface area contributed by atoms with Crippen LogP contribution < -0.4 is 11.1 Å². The number of aryl methyl sites for hydroxylation is 1. The number of anilines is 3. The number of carbonyl (C=O) groups excluding carboxylic acids is 1. The van der Waals surface area contributed by atoms with Crippen molar-refractivity contribution >= 4 is 23.6 Å². The summed E-state index contributed by atoms with van der Waals surface area (Å²) in [4.78, 5) is 26.7. The summed E-state index contributed by atoms with van der Waals surface area (Å²) in [5, 5.41) is 3.16. The van der Waals surface area contributed by atoms with E-state index in [2.05, 4.69) is 25.2 Å². The van der Waals surface area contributed by atoms with Crippen molar-refractivity contribution < 1.29 is 9.53 Å². The molecule has 25 heavy (non-hydrogen) atoms. The smallest absolute Gasteiger partial charge is 0.310 e. The van der Waals surface area contributed by atoms with Gasteiger partial charge < -0.3 is 15.8 Å². The monoisotopic (exact) mass is 340 g/mol. The second-order valence-corrected chi connectivity index (χ2v) is 6.62. The number of hydrogen-bond acceptors (Lipinski definition) is 8. The molecule has 130 valence electrons. The average Bonchev–Trinajstić information content (AvgIpc) is 3.08. The Balaban J connectivity index is 1.47. The third-order valence-corrected chi connectivity index (χ3v) is 4.60. The maximum Gasteiger partial charge on any atom is 0.310 e. The number of hydrogen-bond donors (Lipinski definition) is 2. The van der Waals surface area contributed by atoms with Gasteiger partial charge in [0, 0.05) is 24.7 Å². The second-order valence-electron chi connectivity index (χ2n) is 6.62. The van der Waals surface area contributed by atoms with Crippen LogP contribution in [0.25, 0.3) is 0 Å². The highest BCUT2D eigenvalue weighted by Gasteiger charge is 2.43. The van der Waals surface area contributed by atoms with Crippen LogP contribution in [0.4, 0.5) is 17.6 Å². The Morgan fingerprint density at radius 3 is 3.00 bits per heavy atom. The molecule has 0 bridgehead atoms. The number of esters is 1. The van der Waals surface area contributed by atoms with Gasteiger partial charge in [0.05, 0.1) is 19.1 Å². The van der Waals surface area contributed by atoms with E-state index in [1.807, 2.05) is 31.2 Å². The van der Waals surface area contributed by atoms with Gasteiger partial charge in [-0.2, -0.15) is 15.0 Å². The fourth-order valence-corrected chi connectivity index (χ4v) is 3.44. The van der Waals surface area contributed by atoms with E-state index in [9.17, 15) is 4.79 Å². The van der Waals surface area contributed by atoms with Gasteiger partial charge in [0.15, 0.2) is 0 Å². The molecule has 2 aromatic rings.